The summed E-state index contributed by atoms with van der Waals surface area (Å²) in [5.41, 5.74) is -3.28. The summed E-state index contributed by atoms with van der Waals surface area (Å²) < 4.78 is 36.5. The lowest BCUT2D eigenvalue weighted by atomic mass is 9.98. The van der Waals surface area contributed by atoms with Crippen LogP contribution in [0.25, 0.3) is 0 Å². The monoisotopic (exact) mass is 488 g/mol. The van der Waals surface area contributed by atoms with E-state index in [1.165, 1.54) is 19.2 Å². The summed E-state index contributed by atoms with van der Waals surface area (Å²) in [7, 11) is -4.50. The van der Waals surface area contributed by atoms with E-state index in [2.05, 4.69) is 72.7 Å². The van der Waals surface area contributed by atoms with Gasteiger partial charge in [-0.25, -0.2) is 9.18 Å². The number of H-pyrrole nitrogens is 1. The van der Waals surface area contributed by atoms with Crippen LogP contribution in [0, 0.1) is 0 Å². The highest BCUT2D eigenvalue weighted by Gasteiger charge is 2.59. The third kappa shape index (κ3) is 5.35. The average molecular weight is 489 g/mol. The first-order chi connectivity index (χ1) is 14.2. The Morgan fingerprint density at radius 1 is 1.09 bits per heavy atom. The lowest BCUT2D eigenvalue weighted by Crippen LogP contribution is -2.53. The SMILES string of the molecule is CC(C)(C)[Si](C)(C)OC[C@H]1O[C@@H](n2ccc(=O)[nH]c2=O)[C@](C)(F)[C@@H]1O[Si](C)(C)C(C)(C)C. The highest BCUT2D eigenvalue weighted by molar-refractivity contribution is 6.74. The van der Waals surface area contributed by atoms with Crippen LogP contribution in [0.4, 0.5) is 4.39 Å². The van der Waals surface area contributed by atoms with Gasteiger partial charge in [-0.1, -0.05) is 41.5 Å². The fourth-order valence-corrected chi connectivity index (χ4v) is 5.53. The van der Waals surface area contributed by atoms with Crippen LogP contribution in [0.3, 0.4) is 0 Å². The number of aromatic nitrogens is 2. The molecule has 0 unspecified atom stereocenters. The molecule has 0 saturated carbocycles. The molecule has 0 spiro atoms. The maximum absolute atomic E-state index is 16.4. The quantitative estimate of drug-likeness (QED) is 0.593. The van der Waals surface area contributed by atoms with Crippen LogP contribution >= 0.6 is 0 Å². The molecule has 0 amide bonds. The van der Waals surface area contributed by atoms with Crippen LogP contribution < -0.4 is 11.2 Å². The lowest BCUT2D eigenvalue weighted by molar-refractivity contribution is -0.0597. The summed E-state index contributed by atoms with van der Waals surface area (Å²) in [5.74, 6) is 0. The zero-order valence-electron chi connectivity index (χ0n) is 21.5. The maximum Gasteiger partial charge on any atom is 0.330 e. The molecule has 0 aromatic carbocycles. The molecule has 1 aliphatic rings. The lowest BCUT2D eigenvalue weighted by Gasteiger charge is -2.42. The third-order valence-corrected chi connectivity index (χ3v) is 16.4. The number of hydrogen-bond acceptors (Lipinski definition) is 5. The highest BCUT2D eigenvalue weighted by atomic mass is 28.4. The molecule has 1 aromatic heterocycles. The van der Waals surface area contributed by atoms with Crippen LogP contribution in [-0.2, 0) is 13.6 Å². The Labute approximate surface area is 192 Å². The average Bonchev–Trinajstić information content (AvgIpc) is 2.82. The molecule has 1 aromatic rings. The number of alkyl halides is 1. The number of aromatic amines is 1. The molecule has 2 heterocycles. The van der Waals surface area contributed by atoms with Gasteiger partial charge in [-0.05, 0) is 43.2 Å². The molecule has 10 heteroatoms. The molecule has 7 nitrogen and oxygen atoms in total. The second-order valence-electron chi connectivity index (χ2n) is 12.1. The molecule has 0 aliphatic carbocycles. The summed E-state index contributed by atoms with van der Waals surface area (Å²) in [6.07, 6.45) is -1.59. The van der Waals surface area contributed by atoms with Gasteiger partial charge in [0.1, 0.15) is 12.2 Å². The van der Waals surface area contributed by atoms with Crippen LogP contribution in [0.5, 0.6) is 0 Å². The van der Waals surface area contributed by atoms with E-state index in [1.54, 1.807) is 0 Å². The van der Waals surface area contributed by atoms with Crippen LogP contribution in [0.2, 0.25) is 36.3 Å². The van der Waals surface area contributed by atoms with E-state index in [9.17, 15) is 9.59 Å². The molecule has 0 radical (unpaired) electrons. The smallest absolute Gasteiger partial charge is 0.330 e. The fourth-order valence-electron chi connectivity index (χ4n) is 3.14. The van der Waals surface area contributed by atoms with Gasteiger partial charge in [0.15, 0.2) is 28.5 Å². The normalized spacial score (nSPS) is 27.7. The van der Waals surface area contributed by atoms with E-state index in [0.29, 0.717) is 0 Å². The Morgan fingerprint density at radius 2 is 1.62 bits per heavy atom. The minimum absolute atomic E-state index is 0.0182. The highest BCUT2D eigenvalue weighted by Crippen LogP contribution is 2.47. The van der Waals surface area contributed by atoms with E-state index in [1.807, 2.05) is 0 Å². The molecule has 1 aliphatic heterocycles. The second kappa shape index (κ2) is 8.61. The Hall–Kier alpha value is -1.08. The van der Waals surface area contributed by atoms with E-state index < -0.39 is 52.0 Å². The standard InChI is InChI=1S/C22H41FN2O5Si2/c1-20(2,3)31(8,9)28-14-15-17(30-32(10,11)21(4,5)6)22(7,23)18(29-15)25-13-12-16(26)24-19(25)27/h12-13,15,17-18H,14H2,1-11H3,(H,24,26,27)/t15-,17-,18-,22-/m1/s1. The van der Waals surface area contributed by atoms with Crippen molar-refractivity contribution in [1.29, 1.82) is 0 Å². The number of rotatable bonds is 6. The van der Waals surface area contributed by atoms with Gasteiger partial charge in [0.25, 0.3) is 5.56 Å². The number of halogens is 1. The minimum atomic E-state index is -2.37. The first-order valence-corrected chi connectivity index (χ1v) is 17.0. The minimum Gasteiger partial charge on any atom is -0.414 e. The van der Waals surface area contributed by atoms with Crippen LogP contribution in [0.1, 0.15) is 54.7 Å². The van der Waals surface area contributed by atoms with E-state index in [0.717, 1.165) is 4.57 Å². The largest absolute Gasteiger partial charge is 0.414 e. The van der Waals surface area contributed by atoms with E-state index >= 15 is 4.39 Å². The van der Waals surface area contributed by atoms with Gasteiger partial charge in [-0.3, -0.25) is 14.3 Å². The Balaban J connectivity index is 2.46. The molecule has 32 heavy (non-hydrogen) atoms. The first-order valence-electron chi connectivity index (χ1n) is 11.2. The van der Waals surface area contributed by atoms with E-state index in [-0.39, 0.29) is 16.7 Å². The van der Waals surface area contributed by atoms with Crippen molar-refractivity contribution in [2.24, 2.45) is 0 Å². The molecule has 2 rings (SSSR count). The summed E-state index contributed by atoms with van der Waals surface area (Å²) in [5, 5.41) is -0.156. The van der Waals surface area contributed by atoms with Crippen molar-refractivity contribution < 1.29 is 18.0 Å². The van der Waals surface area contributed by atoms with Gasteiger partial charge < -0.3 is 13.6 Å². The first kappa shape index (κ1) is 27.2. The molecule has 1 saturated heterocycles. The molecule has 184 valence electrons. The second-order valence-corrected chi connectivity index (χ2v) is 21.6. The molecule has 1 N–H and O–H groups in total. The van der Waals surface area contributed by atoms with Gasteiger partial charge in [-0.2, -0.15) is 0 Å². The molecule has 0 bridgehead atoms. The molecule has 4 atom stereocenters. The van der Waals surface area contributed by atoms with Crippen molar-refractivity contribution in [3.8, 4) is 0 Å². The van der Waals surface area contributed by atoms with E-state index in [4.69, 9.17) is 13.6 Å². The van der Waals surface area contributed by atoms with Crippen LogP contribution in [-0.4, -0.2) is 50.7 Å². The zero-order valence-corrected chi connectivity index (χ0v) is 23.5. The van der Waals surface area contributed by atoms with Gasteiger partial charge in [-0.15, -0.1) is 0 Å². The van der Waals surface area contributed by atoms with Crippen molar-refractivity contribution in [1.82, 2.24) is 9.55 Å². The molecular formula is C22H41FN2O5Si2. The number of hydrogen-bond donors (Lipinski definition) is 1. The topological polar surface area (TPSA) is 82.5 Å². The predicted octanol–water partition coefficient (Wildman–Crippen LogP) is 4.57. The number of ether oxygens (including phenoxy) is 1. The van der Waals surface area contributed by atoms with Crippen molar-refractivity contribution in [3.63, 3.8) is 0 Å². The summed E-state index contributed by atoms with van der Waals surface area (Å²) in [6.45, 7) is 22.7. The van der Waals surface area contributed by atoms with Crippen LogP contribution in [0.15, 0.2) is 21.9 Å². The van der Waals surface area contributed by atoms with Gasteiger partial charge >= 0.3 is 5.69 Å². The van der Waals surface area contributed by atoms with Gasteiger partial charge in [0.2, 0.25) is 0 Å². The summed E-state index contributed by atoms with van der Waals surface area (Å²) in [4.78, 5) is 26.1. The Kier molecular flexibility index (Phi) is 7.31. The number of nitrogens with zero attached hydrogens (tertiary/aromatic N) is 1. The van der Waals surface area contributed by atoms with Crippen molar-refractivity contribution in [2.45, 2.75) is 109 Å². The Morgan fingerprint density at radius 3 is 2.09 bits per heavy atom. The zero-order chi connectivity index (χ0) is 24.9. The Bertz CT molecular complexity index is 928. The third-order valence-electron chi connectivity index (χ3n) is 7.43. The fraction of sp³-hybridized carbons (Fsp3) is 0.818. The van der Waals surface area contributed by atoms with Gasteiger partial charge in [0, 0.05) is 12.3 Å². The summed E-state index contributed by atoms with van der Waals surface area (Å²) in [6, 6.07) is 1.18. The van der Waals surface area contributed by atoms with Gasteiger partial charge in [0.05, 0.1) is 6.61 Å². The number of nitrogens with one attached hydrogen (secondary N) is 1. The van der Waals surface area contributed by atoms with Crippen molar-refractivity contribution in [2.75, 3.05) is 6.61 Å². The van der Waals surface area contributed by atoms with Crippen molar-refractivity contribution >= 4 is 16.6 Å². The summed E-state index contributed by atoms with van der Waals surface area (Å²) >= 11 is 0. The molecule has 1 fully saturated rings. The maximum atomic E-state index is 16.4. The predicted molar refractivity (Wildman–Crippen MR) is 130 cm³/mol. The molecular weight excluding hydrogens is 447 g/mol. The van der Waals surface area contributed by atoms with Crippen molar-refractivity contribution in [3.05, 3.63) is 33.1 Å².